The van der Waals surface area contributed by atoms with Gasteiger partial charge in [0.15, 0.2) is 11.5 Å². The molecule has 3 fully saturated rings. The number of hydrogen-bond acceptors (Lipinski definition) is 5. The largest absolute Gasteiger partial charge is 0.504 e. The highest BCUT2D eigenvalue weighted by atomic mass is 16.5. The molecule has 5 atom stereocenters. The number of anilines is 1. The van der Waals surface area contributed by atoms with Gasteiger partial charge in [0.2, 0.25) is 0 Å². The first-order chi connectivity index (χ1) is 15.5. The maximum Gasteiger partial charge on any atom is 0.161 e. The van der Waals surface area contributed by atoms with Crippen molar-refractivity contribution in [2.75, 3.05) is 25.5 Å². The van der Waals surface area contributed by atoms with Crippen LogP contribution in [-0.2, 0) is 11.8 Å². The molecule has 2 aromatic rings. The van der Waals surface area contributed by atoms with Crippen molar-refractivity contribution >= 4 is 5.69 Å². The van der Waals surface area contributed by atoms with Gasteiger partial charge in [0.25, 0.3) is 0 Å². The SMILES string of the molecule is COc1ccc2c(c1O)[C@@]13CCN(CC4CC4)C(C2)[C@]1(O)CC1c2ccccc2NC1C3. The van der Waals surface area contributed by atoms with Gasteiger partial charge in [-0.15, -0.1) is 0 Å². The minimum atomic E-state index is -0.864. The summed E-state index contributed by atoms with van der Waals surface area (Å²) in [5.74, 6) is 1.86. The predicted molar refractivity (Wildman–Crippen MR) is 124 cm³/mol. The molecule has 0 spiro atoms. The van der Waals surface area contributed by atoms with Gasteiger partial charge >= 0.3 is 0 Å². The summed E-state index contributed by atoms with van der Waals surface area (Å²) < 4.78 is 5.52. The lowest BCUT2D eigenvalue weighted by molar-refractivity contribution is -0.172. The van der Waals surface area contributed by atoms with Crippen molar-refractivity contribution in [2.45, 2.75) is 67.5 Å². The molecule has 3 aliphatic carbocycles. The highest BCUT2D eigenvalue weighted by molar-refractivity contribution is 5.63. The van der Waals surface area contributed by atoms with E-state index in [2.05, 4.69) is 40.5 Å². The summed E-state index contributed by atoms with van der Waals surface area (Å²) in [6.45, 7) is 2.09. The molecular formula is C27H32N2O3. The molecule has 7 rings (SSSR count). The Hall–Kier alpha value is -2.24. The van der Waals surface area contributed by atoms with Crippen LogP contribution >= 0.6 is 0 Å². The topological polar surface area (TPSA) is 65.0 Å². The lowest BCUT2D eigenvalue weighted by atomic mass is 9.47. The summed E-state index contributed by atoms with van der Waals surface area (Å²) in [6.07, 6.45) is 5.90. The molecule has 3 N–H and O–H groups in total. The zero-order valence-electron chi connectivity index (χ0n) is 18.7. The van der Waals surface area contributed by atoms with Gasteiger partial charge in [-0.3, -0.25) is 4.90 Å². The first-order valence-electron chi connectivity index (χ1n) is 12.3. The normalized spacial score (nSPS) is 37.0. The average Bonchev–Trinajstić information content (AvgIpc) is 3.54. The number of benzene rings is 2. The molecule has 1 saturated heterocycles. The monoisotopic (exact) mass is 432 g/mol. The van der Waals surface area contributed by atoms with Gasteiger partial charge in [0, 0.05) is 41.2 Å². The summed E-state index contributed by atoms with van der Waals surface area (Å²) in [7, 11) is 1.61. The molecule has 2 bridgehead atoms. The van der Waals surface area contributed by atoms with E-state index in [4.69, 9.17) is 4.74 Å². The van der Waals surface area contributed by atoms with Crippen LogP contribution in [0.1, 0.15) is 54.7 Å². The second-order valence-corrected chi connectivity index (χ2v) is 10.9. The third-order valence-electron chi connectivity index (χ3n) is 9.46. The zero-order valence-corrected chi connectivity index (χ0v) is 18.7. The van der Waals surface area contributed by atoms with Crippen molar-refractivity contribution in [1.82, 2.24) is 4.90 Å². The molecule has 3 unspecified atom stereocenters. The Labute approximate surface area is 189 Å². The number of phenols is 1. The van der Waals surface area contributed by atoms with Gasteiger partial charge in [-0.25, -0.2) is 0 Å². The van der Waals surface area contributed by atoms with Crippen LogP contribution in [0.25, 0.3) is 0 Å². The van der Waals surface area contributed by atoms with Gasteiger partial charge in [-0.05, 0) is 74.2 Å². The third kappa shape index (κ3) is 2.36. The molecule has 5 nitrogen and oxygen atoms in total. The van der Waals surface area contributed by atoms with Crippen molar-refractivity contribution in [2.24, 2.45) is 5.92 Å². The second kappa shape index (κ2) is 6.42. The van der Waals surface area contributed by atoms with Crippen LogP contribution in [0.5, 0.6) is 11.5 Å². The Kier molecular flexibility index (Phi) is 3.86. The molecule has 5 aliphatic rings. The van der Waals surface area contributed by atoms with Gasteiger partial charge in [0.05, 0.1) is 12.7 Å². The van der Waals surface area contributed by atoms with Crippen molar-refractivity contribution in [3.05, 3.63) is 53.1 Å². The third-order valence-corrected chi connectivity index (χ3v) is 9.46. The Morgan fingerprint density at radius 3 is 2.81 bits per heavy atom. The van der Waals surface area contributed by atoms with Crippen LogP contribution in [0.4, 0.5) is 5.69 Å². The number of hydrogen-bond donors (Lipinski definition) is 3. The minimum Gasteiger partial charge on any atom is -0.504 e. The van der Waals surface area contributed by atoms with E-state index in [9.17, 15) is 10.2 Å². The van der Waals surface area contributed by atoms with Crippen molar-refractivity contribution in [3.63, 3.8) is 0 Å². The molecule has 2 heterocycles. The molecule has 32 heavy (non-hydrogen) atoms. The summed E-state index contributed by atoms with van der Waals surface area (Å²) in [5, 5.41) is 27.9. The quantitative estimate of drug-likeness (QED) is 0.689. The number of nitrogens with zero attached hydrogens (tertiary/aromatic N) is 1. The summed E-state index contributed by atoms with van der Waals surface area (Å²) in [4.78, 5) is 2.59. The summed E-state index contributed by atoms with van der Waals surface area (Å²) in [6, 6.07) is 13.0. The highest BCUT2D eigenvalue weighted by Gasteiger charge is 2.68. The van der Waals surface area contributed by atoms with E-state index in [-0.39, 0.29) is 17.8 Å². The van der Waals surface area contributed by atoms with Crippen molar-refractivity contribution in [1.29, 1.82) is 0 Å². The fraction of sp³-hybridized carbons (Fsp3) is 0.556. The molecule has 2 aliphatic heterocycles. The standard InChI is InChI=1S/C27H32N2O3/c1-32-22-9-8-17-12-23-27(31)13-19-18-4-2-3-5-20(18)28-21(19)14-26(27,24(17)25(22)30)10-11-29(23)15-16-6-7-16/h2-5,8-9,16,19,21,23,28,30-31H,6-7,10-15H2,1H3/t19?,21?,23?,26-,27+/m0/s1. The number of likely N-dealkylation sites (tertiary alicyclic amines) is 1. The number of aliphatic hydroxyl groups is 1. The van der Waals surface area contributed by atoms with Gasteiger partial charge in [-0.1, -0.05) is 24.3 Å². The number of rotatable bonds is 3. The van der Waals surface area contributed by atoms with E-state index in [1.807, 2.05) is 6.07 Å². The fourth-order valence-corrected chi connectivity index (χ4v) is 7.85. The number of nitrogens with one attached hydrogen (secondary N) is 1. The smallest absolute Gasteiger partial charge is 0.161 e. The van der Waals surface area contributed by atoms with Crippen molar-refractivity contribution in [3.8, 4) is 11.5 Å². The first-order valence-corrected chi connectivity index (χ1v) is 12.3. The van der Waals surface area contributed by atoms with Gasteiger partial charge in [0.1, 0.15) is 0 Å². The highest BCUT2D eigenvalue weighted by Crippen LogP contribution is 2.64. The molecule has 168 valence electrons. The minimum absolute atomic E-state index is 0.103. The predicted octanol–water partition coefficient (Wildman–Crippen LogP) is 3.78. The number of para-hydroxylation sites is 1. The molecule has 0 radical (unpaired) electrons. The molecular weight excluding hydrogens is 400 g/mol. The first kappa shape index (κ1) is 19.2. The van der Waals surface area contributed by atoms with Gasteiger partial charge < -0.3 is 20.3 Å². The van der Waals surface area contributed by atoms with Crippen LogP contribution in [0.2, 0.25) is 0 Å². The summed E-state index contributed by atoms with van der Waals surface area (Å²) >= 11 is 0. The molecule has 2 aromatic carbocycles. The molecule has 0 aromatic heterocycles. The van der Waals surface area contributed by atoms with Crippen LogP contribution in [0, 0.1) is 5.92 Å². The van der Waals surface area contributed by atoms with E-state index < -0.39 is 11.0 Å². The Bertz CT molecular complexity index is 1100. The second-order valence-electron chi connectivity index (χ2n) is 10.9. The Morgan fingerprint density at radius 2 is 2.00 bits per heavy atom. The molecule has 0 amide bonds. The number of phenolic OH excluding ortho intramolecular Hbond substituents is 1. The average molecular weight is 433 g/mol. The van der Waals surface area contributed by atoms with Crippen molar-refractivity contribution < 1.29 is 14.9 Å². The van der Waals surface area contributed by atoms with E-state index in [1.165, 1.54) is 29.7 Å². The van der Waals surface area contributed by atoms with E-state index >= 15 is 0 Å². The van der Waals surface area contributed by atoms with Gasteiger partial charge in [-0.2, -0.15) is 0 Å². The summed E-state index contributed by atoms with van der Waals surface area (Å²) in [5.41, 5.74) is 3.37. The number of aromatic hydroxyl groups is 1. The zero-order chi connectivity index (χ0) is 21.7. The van der Waals surface area contributed by atoms with Crippen LogP contribution in [-0.4, -0.2) is 53.0 Å². The lowest BCUT2D eigenvalue weighted by Gasteiger charge is -2.65. The number of methoxy groups -OCH3 is 1. The molecule has 5 heteroatoms. The van der Waals surface area contributed by atoms with Crippen LogP contribution in [0.3, 0.4) is 0 Å². The van der Waals surface area contributed by atoms with E-state index in [0.717, 1.165) is 50.3 Å². The fourth-order valence-electron chi connectivity index (χ4n) is 7.85. The lowest BCUT2D eigenvalue weighted by Crippen LogP contribution is -2.74. The number of piperidine rings is 1. The Morgan fingerprint density at radius 1 is 1.16 bits per heavy atom. The number of ether oxygens (including phenoxy) is 1. The number of fused-ring (bicyclic) bond motifs is 4. The van der Waals surface area contributed by atoms with Crippen LogP contribution < -0.4 is 10.1 Å². The molecule has 2 saturated carbocycles. The Balaban J connectivity index is 1.40. The van der Waals surface area contributed by atoms with E-state index in [1.54, 1.807) is 7.11 Å². The maximum absolute atomic E-state index is 12.8. The van der Waals surface area contributed by atoms with E-state index in [0.29, 0.717) is 11.7 Å². The van der Waals surface area contributed by atoms with Crippen LogP contribution in [0.15, 0.2) is 36.4 Å². The maximum atomic E-state index is 12.8.